The van der Waals surface area contributed by atoms with Crippen molar-refractivity contribution in [3.8, 4) is 0 Å². The third-order valence-corrected chi connectivity index (χ3v) is 4.19. The van der Waals surface area contributed by atoms with Crippen LogP contribution in [-0.4, -0.2) is 46.6 Å². The summed E-state index contributed by atoms with van der Waals surface area (Å²) in [5.41, 5.74) is 0. The summed E-state index contributed by atoms with van der Waals surface area (Å²) in [5, 5.41) is 17.4. The van der Waals surface area contributed by atoms with Crippen molar-refractivity contribution in [2.24, 2.45) is 0 Å². The highest BCUT2D eigenvalue weighted by Gasteiger charge is 2.23. The number of hydrogen-bond donors (Lipinski definition) is 1. The average molecular weight is 267 g/mol. The summed E-state index contributed by atoms with van der Waals surface area (Å²) in [6.45, 7) is 2.57. The van der Waals surface area contributed by atoms with Crippen molar-refractivity contribution in [2.45, 2.75) is 25.2 Å². The van der Waals surface area contributed by atoms with Crippen LogP contribution in [0.5, 0.6) is 0 Å². The summed E-state index contributed by atoms with van der Waals surface area (Å²) in [7, 11) is 1.95. The zero-order valence-corrected chi connectivity index (χ0v) is 11.2. The van der Waals surface area contributed by atoms with Crippen LogP contribution in [0.1, 0.15) is 29.6 Å². The zero-order chi connectivity index (χ0) is 12.4. The second-order valence-electron chi connectivity index (χ2n) is 4.49. The molecule has 6 nitrogen and oxygen atoms in total. The van der Waals surface area contributed by atoms with Crippen LogP contribution in [0, 0.1) is 0 Å². The quantitative estimate of drug-likeness (QED) is 0.889. The zero-order valence-electron chi connectivity index (χ0n) is 10.4. The van der Waals surface area contributed by atoms with Gasteiger partial charge in [0.05, 0.1) is 0 Å². The number of rotatable bonds is 4. The lowest BCUT2D eigenvalue weighted by Gasteiger charge is -2.19. The lowest BCUT2D eigenvalue weighted by molar-refractivity contribution is 0.0831. The van der Waals surface area contributed by atoms with Gasteiger partial charge in [0, 0.05) is 32.1 Å². The number of nitrogens with one attached hydrogen (secondary N) is 1. The maximum absolute atomic E-state index is 5.38. The van der Waals surface area contributed by atoms with Gasteiger partial charge in [0.1, 0.15) is 5.01 Å². The Morgan fingerprint density at radius 1 is 1.39 bits per heavy atom. The van der Waals surface area contributed by atoms with Crippen LogP contribution in [0.2, 0.25) is 0 Å². The molecule has 1 N–H and O–H groups in total. The molecular formula is C11H17N5OS. The lowest BCUT2D eigenvalue weighted by atomic mass is 10.00. The molecule has 1 aliphatic rings. The molecule has 18 heavy (non-hydrogen) atoms. The summed E-state index contributed by atoms with van der Waals surface area (Å²) in [6, 6.07) is 0. The van der Waals surface area contributed by atoms with Gasteiger partial charge in [0.25, 0.3) is 0 Å². The average Bonchev–Trinajstić information content (AvgIpc) is 2.96. The van der Waals surface area contributed by atoms with Crippen LogP contribution in [0.4, 0.5) is 0 Å². The molecule has 3 rings (SSSR count). The maximum Gasteiger partial charge on any atom is 0.234 e. The molecule has 3 heterocycles. The van der Waals surface area contributed by atoms with Crippen molar-refractivity contribution in [3.05, 3.63) is 10.8 Å². The first-order chi connectivity index (χ1) is 8.88. The number of hydrogen-bond acceptors (Lipinski definition) is 6. The van der Waals surface area contributed by atoms with E-state index in [4.69, 9.17) is 4.74 Å². The van der Waals surface area contributed by atoms with Gasteiger partial charge < -0.3 is 10.1 Å². The topological polar surface area (TPSA) is 64.3 Å². The monoisotopic (exact) mass is 267 g/mol. The van der Waals surface area contributed by atoms with E-state index < -0.39 is 0 Å². The minimum atomic E-state index is 0.438. The van der Waals surface area contributed by atoms with E-state index in [1.807, 2.05) is 11.6 Å². The molecule has 7 heteroatoms. The van der Waals surface area contributed by atoms with Gasteiger partial charge in [-0.05, 0) is 19.9 Å². The molecular weight excluding hydrogens is 250 g/mol. The molecule has 0 amide bonds. The van der Waals surface area contributed by atoms with Gasteiger partial charge in [0.15, 0.2) is 5.82 Å². The SMILES string of the molecule is CNCCc1nn2c(C3CCOCC3)nnc2s1. The molecule has 98 valence electrons. The highest BCUT2D eigenvalue weighted by Crippen LogP contribution is 2.26. The first kappa shape index (κ1) is 12.0. The second kappa shape index (κ2) is 5.29. The molecule has 1 fully saturated rings. The van der Waals surface area contributed by atoms with E-state index >= 15 is 0 Å². The number of likely N-dealkylation sites (N-methyl/N-ethyl adjacent to an activating group) is 1. The molecule has 0 saturated carbocycles. The summed E-state index contributed by atoms with van der Waals surface area (Å²) in [4.78, 5) is 0.905. The molecule has 1 aliphatic heterocycles. The Balaban J connectivity index is 1.85. The summed E-state index contributed by atoms with van der Waals surface area (Å²) >= 11 is 1.63. The van der Waals surface area contributed by atoms with Crippen molar-refractivity contribution in [2.75, 3.05) is 26.8 Å². The molecule has 0 atom stereocenters. The lowest BCUT2D eigenvalue weighted by Crippen LogP contribution is -2.17. The van der Waals surface area contributed by atoms with E-state index in [0.29, 0.717) is 5.92 Å². The standard InChI is InChI=1S/C11H17N5OS/c1-12-5-2-9-15-16-10(13-14-11(16)18-9)8-3-6-17-7-4-8/h8,12H,2-7H2,1H3. The van der Waals surface area contributed by atoms with Crippen molar-refractivity contribution in [3.63, 3.8) is 0 Å². The molecule has 0 aromatic carbocycles. The molecule has 0 radical (unpaired) electrons. The van der Waals surface area contributed by atoms with Gasteiger partial charge in [-0.1, -0.05) is 11.3 Å². The number of nitrogens with zero attached hydrogens (tertiary/aromatic N) is 4. The van der Waals surface area contributed by atoms with Crippen molar-refractivity contribution < 1.29 is 4.74 Å². The smallest absolute Gasteiger partial charge is 0.234 e. The van der Waals surface area contributed by atoms with E-state index in [1.165, 1.54) is 0 Å². The van der Waals surface area contributed by atoms with Crippen molar-refractivity contribution >= 4 is 16.3 Å². The highest BCUT2D eigenvalue weighted by molar-refractivity contribution is 7.16. The Morgan fingerprint density at radius 3 is 3.00 bits per heavy atom. The van der Waals surface area contributed by atoms with Gasteiger partial charge in [0.2, 0.25) is 4.96 Å². The first-order valence-corrected chi connectivity index (χ1v) is 7.13. The number of fused-ring (bicyclic) bond motifs is 1. The Kier molecular flexibility index (Phi) is 3.53. The molecule has 0 aliphatic carbocycles. The minimum absolute atomic E-state index is 0.438. The van der Waals surface area contributed by atoms with Gasteiger partial charge in [-0.15, -0.1) is 10.2 Å². The Hall–Kier alpha value is -1.05. The fourth-order valence-electron chi connectivity index (χ4n) is 2.22. The van der Waals surface area contributed by atoms with Crippen LogP contribution in [0.15, 0.2) is 0 Å². The third-order valence-electron chi connectivity index (χ3n) is 3.23. The Bertz CT molecular complexity index is 516. The van der Waals surface area contributed by atoms with Crippen LogP contribution in [0.25, 0.3) is 4.96 Å². The van der Waals surface area contributed by atoms with E-state index in [1.54, 1.807) is 11.3 Å². The molecule has 1 saturated heterocycles. The third kappa shape index (κ3) is 2.25. The maximum atomic E-state index is 5.38. The van der Waals surface area contributed by atoms with Crippen molar-refractivity contribution in [1.82, 2.24) is 25.1 Å². The predicted octanol–water partition coefficient (Wildman–Crippen LogP) is 0.842. The second-order valence-corrected chi connectivity index (χ2v) is 5.53. The highest BCUT2D eigenvalue weighted by atomic mass is 32.1. The van der Waals surface area contributed by atoms with Gasteiger partial charge in [-0.2, -0.15) is 9.61 Å². The van der Waals surface area contributed by atoms with Crippen LogP contribution in [-0.2, 0) is 11.2 Å². The molecule has 0 spiro atoms. The van der Waals surface area contributed by atoms with E-state index in [2.05, 4.69) is 20.6 Å². The number of aromatic nitrogens is 4. The molecule has 0 bridgehead atoms. The fraction of sp³-hybridized carbons (Fsp3) is 0.727. The van der Waals surface area contributed by atoms with Gasteiger partial charge in [-0.3, -0.25) is 0 Å². The van der Waals surface area contributed by atoms with E-state index in [-0.39, 0.29) is 0 Å². The molecule has 0 unspecified atom stereocenters. The predicted molar refractivity (Wildman–Crippen MR) is 69.1 cm³/mol. The first-order valence-electron chi connectivity index (χ1n) is 6.32. The van der Waals surface area contributed by atoms with E-state index in [0.717, 1.165) is 54.8 Å². The van der Waals surface area contributed by atoms with Gasteiger partial charge >= 0.3 is 0 Å². The Labute approximate surface area is 109 Å². The van der Waals surface area contributed by atoms with Crippen LogP contribution < -0.4 is 5.32 Å². The van der Waals surface area contributed by atoms with Gasteiger partial charge in [-0.25, -0.2) is 0 Å². The molecule has 2 aromatic rings. The number of ether oxygens (including phenoxy) is 1. The van der Waals surface area contributed by atoms with Crippen molar-refractivity contribution in [1.29, 1.82) is 0 Å². The van der Waals surface area contributed by atoms with E-state index in [9.17, 15) is 0 Å². The Morgan fingerprint density at radius 2 is 2.22 bits per heavy atom. The van der Waals surface area contributed by atoms with Crippen LogP contribution >= 0.6 is 11.3 Å². The fourth-order valence-corrected chi connectivity index (χ4v) is 3.05. The molecule has 2 aromatic heterocycles. The summed E-state index contributed by atoms with van der Waals surface area (Å²) in [5.74, 6) is 1.44. The minimum Gasteiger partial charge on any atom is -0.381 e. The summed E-state index contributed by atoms with van der Waals surface area (Å²) < 4.78 is 7.31. The van der Waals surface area contributed by atoms with Crippen LogP contribution in [0.3, 0.4) is 0 Å². The summed E-state index contributed by atoms with van der Waals surface area (Å²) in [6.07, 6.45) is 2.98. The largest absolute Gasteiger partial charge is 0.381 e. The normalized spacial score (nSPS) is 17.6.